The molecule has 0 bridgehead atoms. The Morgan fingerprint density at radius 2 is 2.03 bits per heavy atom. The molecule has 5 rings (SSSR count). The third-order valence-electron chi connectivity index (χ3n) is 5.63. The van der Waals surface area contributed by atoms with E-state index in [2.05, 4.69) is 20.1 Å². The van der Waals surface area contributed by atoms with Crippen LogP contribution in [0.15, 0.2) is 52.3 Å². The summed E-state index contributed by atoms with van der Waals surface area (Å²) in [5, 5.41) is 16.0. The predicted molar refractivity (Wildman–Crippen MR) is 109 cm³/mol. The summed E-state index contributed by atoms with van der Waals surface area (Å²) >= 11 is 5.92. The molecule has 0 aliphatic heterocycles. The van der Waals surface area contributed by atoms with Gasteiger partial charge in [-0.2, -0.15) is 4.98 Å². The zero-order valence-electron chi connectivity index (χ0n) is 16.1. The van der Waals surface area contributed by atoms with Gasteiger partial charge in [0.1, 0.15) is 6.54 Å². The lowest BCUT2D eigenvalue weighted by Gasteiger charge is -2.42. The molecule has 1 fully saturated rings. The Kier molecular flexibility index (Phi) is 4.41. The Morgan fingerprint density at radius 1 is 1.27 bits per heavy atom. The highest BCUT2D eigenvalue weighted by atomic mass is 35.5. The van der Waals surface area contributed by atoms with Crippen LogP contribution in [0.2, 0.25) is 5.02 Å². The first-order valence-electron chi connectivity index (χ1n) is 9.54. The van der Waals surface area contributed by atoms with Gasteiger partial charge in [-0.3, -0.25) is 14.3 Å². The summed E-state index contributed by atoms with van der Waals surface area (Å²) in [6, 6.07) is 7.19. The number of aliphatic hydroxyl groups is 1. The molecule has 0 saturated heterocycles. The van der Waals surface area contributed by atoms with Crippen molar-refractivity contribution < 1.29 is 9.63 Å². The Balaban J connectivity index is 1.33. The van der Waals surface area contributed by atoms with Gasteiger partial charge in [0.2, 0.25) is 5.89 Å². The van der Waals surface area contributed by atoms with Crippen molar-refractivity contribution in [1.82, 2.24) is 24.7 Å². The molecular weight excluding hydrogens is 406 g/mol. The fraction of sp³-hybridized carbons (Fsp3) is 0.286. The summed E-state index contributed by atoms with van der Waals surface area (Å²) in [6.45, 7) is 1.96. The number of halogens is 1. The average Bonchev–Trinajstić information content (AvgIpc) is 3.16. The van der Waals surface area contributed by atoms with E-state index in [0.29, 0.717) is 40.5 Å². The van der Waals surface area contributed by atoms with Gasteiger partial charge >= 0.3 is 0 Å². The molecule has 0 radical (unpaired) electrons. The number of aryl methyl sites for hydroxylation is 1. The Hall–Kier alpha value is -3.10. The molecule has 3 heterocycles. The Morgan fingerprint density at radius 3 is 2.80 bits per heavy atom. The van der Waals surface area contributed by atoms with E-state index in [4.69, 9.17) is 16.1 Å². The van der Waals surface area contributed by atoms with Crippen molar-refractivity contribution in [2.75, 3.05) is 0 Å². The maximum absolute atomic E-state index is 12.8. The second kappa shape index (κ2) is 7.00. The SMILES string of the molecule is Cc1cncc2ncn(Cc3nc(C4CC(O)(c5ccc(Cl)cc5)C4)no3)c(=O)c12. The molecule has 1 aromatic carbocycles. The minimum Gasteiger partial charge on any atom is -0.385 e. The van der Waals surface area contributed by atoms with E-state index in [0.717, 1.165) is 11.1 Å². The third-order valence-corrected chi connectivity index (χ3v) is 5.88. The zero-order valence-corrected chi connectivity index (χ0v) is 16.9. The molecule has 1 N–H and O–H groups in total. The van der Waals surface area contributed by atoms with E-state index in [1.807, 2.05) is 19.1 Å². The summed E-state index contributed by atoms with van der Waals surface area (Å²) in [7, 11) is 0. The van der Waals surface area contributed by atoms with Crippen molar-refractivity contribution >= 4 is 22.5 Å². The van der Waals surface area contributed by atoms with Crippen molar-refractivity contribution in [2.24, 2.45) is 0 Å². The van der Waals surface area contributed by atoms with Gasteiger partial charge in [0.25, 0.3) is 5.56 Å². The monoisotopic (exact) mass is 423 g/mol. The molecule has 152 valence electrons. The van der Waals surface area contributed by atoms with Crippen molar-refractivity contribution in [3.63, 3.8) is 0 Å². The first-order valence-corrected chi connectivity index (χ1v) is 9.91. The molecule has 1 aliphatic carbocycles. The molecule has 0 unspecified atom stereocenters. The average molecular weight is 424 g/mol. The number of hydrogen-bond donors (Lipinski definition) is 1. The fourth-order valence-electron chi connectivity index (χ4n) is 3.95. The lowest BCUT2D eigenvalue weighted by molar-refractivity contribution is -0.0573. The van der Waals surface area contributed by atoms with Crippen LogP contribution in [0, 0.1) is 6.92 Å². The minimum absolute atomic E-state index is 0.0112. The number of rotatable bonds is 4. The van der Waals surface area contributed by atoms with Gasteiger partial charge in [0.15, 0.2) is 5.82 Å². The zero-order chi connectivity index (χ0) is 20.9. The Bertz CT molecular complexity index is 1290. The van der Waals surface area contributed by atoms with Crippen LogP contribution in [0.3, 0.4) is 0 Å². The largest absolute Gasteiger partial charge is 0.385 e. The van der Waals surface area contributed by atoms with E-state index in [1.165, 1.54) is 10.9 Å². The number of nitrogens with zero attached hydrogens (tertiary/aromatic N) is 5. The van der Waals surface area contributed by atoms with Gasteiger partial charge in [-0.25, -0.2) is 4.98 Å². The quantitative estimate of drug-likeness (QED) is 0.537. The first-order chi connectivity index (χ1) is 14.4. The van der Waals surface area contributed by atoms with Crippen LogP contribution in [0.1, 0.15) is 41.6 Å². The van der Waals surface area contributed by atoms with Crippen molar-refractivity contribution in [1.29, 1.82) is 0 Å². The standard InChI is InChI=1S/C21H18ClN5O3/c1-12-8-23-9-16-18(12)20(28)27(11-24-16)10-17-25-19(26-30-17)13-6-21(29,7-13)14-2-4-15(22)5-3-14/h2-5,8-9,11,13,29H,6-7,10H2,1H3. The van der Waals surface area contributed by atoms with E-state index in [9.17, 15) is 9.90 Å². The summed E-state index contributed by atoms with van der Waals surface area (Å²) in [4.78, 5) is 25.6. The number of hydrogen-bond acceptors (Lipinski definition) is 7. The van der Waals surface area contributed by atoms with E-state index < -0.39 is 5.60 Å². The van der Waals surface area contributed by atoms with Crippen molar-refractivity contribution in [3.05, 3.63) is 81.2 Å². The predicted octanol–water partition coefficient (Wildman–Crippen LogP) is 2.95. The molecule has 3 aromatic heterocycles. The van der Waals surface area contributed by atoms with E-state index in [-0.39, 0.29) is 18.0 Å². The highest BCUT2D eigenvalue weighted by molar-refractivity contribution is 6.30. The maximum atomic E-state index is 12.8. The number of fused-ring (bicyclic) bond motifs is 1. The van der Waals surface area contributed by atoms with Gasteiger partial charge in [-0.05, 0) is 43.0 Å². The van der Waals surface area contributed by atoms with Crippen LogP contribution in [0.25, 0.3) is 10.9 Å². The second-order valence-corrected chi connectivity index (χ2v) is 8.15. The maximum Gasteiger partial charge on any atom is 0.262 e. The van der Waals surface area contributed by atoms with Gasteiger partial charge < -0.3 is 9.63 Å². The lowest BCUT2D eigenvalue weighted by Crippen LogP contribution is -2.40. The van der Waals surface area contributed by atoms with Gasteiger partial charge in [0.05, 0.1) is 29.0 Å². The van der Waals surface area contributed by atoms with Crippen LogP contribution in [-0.2, 0) is 12.1 Å². The molecule has 0 spiro atoms. The Labute approximate surface area is 176 Å². The van der Waals surface area contributed by atoms with Gasteiger partial charge in [0, 0.05) is 17.1 Å². The minimum atomic E-state index is -0.916. The summed E-state index contributed by atoms with van der Waals surface area (Å²) in [5.41, 5.74) is 1.05. The highest BCUT2D eigenvalue weighted by Crippen LogP contribution is 2.50. The van der Waals surface area contributed by atoms with E-state index >= 15 is 0 Å². The summed E-state index contributed by atoms with van der Waals surface area (Å²) in [6.07, 6.45) is 5.66. The molecular formula is C21H18ClN5O3. The van der Waals surface area contributed by atoms with E-state index in [1.54, 1.807) is 24.5 Å². The fourth-order valence-corrected chi connectivity index (χ4v) is 4.07. The van der Waals surface area contributed by atoms with Gasteiger partial charge in [-0.1, -0.05) is 28.9 Å². The summed E-state index contributed by atoms with van der Waals surface area (Å²) in [5.74, 6) is 0.843. The van der Waals surface area contributed by atoms with Crippen molar-refractivity contribution in [2.45, 2.75) is 37.8 Å². The number of benzene rings is 1. The molecule has 4 aromatic rings. The number of aromatic nitrogens is 5. The van der Waals surface area contributed by atoms with Crippen LogP contribution < -0.4 is 5.56 Å². The normalized spacial score (nSPS) is 21.0. The molecule has 30 heavy (non-hydrogen) atoms. The molecule has 8 nitrogen and oxygen atoms in total. The van der Waals surface area contributed by atoms with Gasteiger partial charge in [-0.15, -0.1) is 0 Å². The molecule has 0 amide bonds. The summed E-state index contributed by atoms with van der Waals surface area (Å²) < 4.78 is 6.79. The molecule has 1 saturated carbocycles. The van der Waals surface area contributed by atoms with Crippen LogP contribution in [0.5, 0.6) is 0 Å². The first kappa shape index (κ1) is 18.9. The van der Waals surface area contributed by atoms with Crippen molar-refractivity contribution in [3.8, 4) is 0 Å². The second-order valence-electron chi connectivity index (χ2n) is 7.72. The lowest BCUT2D eigenvalue weighted by atomic mass is 9.67. The van der Waals surface area contributed by atoms with Crippen LogP contribution in [0.4, 0.5) is 0 Å². The molecule has 9 heteroatoms. The smallest absolute Gasteiger partial charge is 0.262 e. The third kappa shape index (κ3) is 3.18. The molecule has 1 aliphatic rings. The van der Waals surface area contributed by atoms with Crippen LogP contribution in [-0.4, -0.2) is 29.8 Å². The number of pyridine rings is 1. The topological polar surface area (TPSA) is 107 Å². The molecule has 0 atom stereocenters. The van der Waals surface area contributed by atoms with Crippen LogP contribution >= 0.6 is 11.6 Å². The highest BCUT2D eigenvalue weighted by Gasteiger charge is 2.46.